The fourth-order valence-corrected chi connectivity index (χ4v) is 3.59. The van der Waals surface area contributed by atoms with Gasteiger partial charge in [0, 0.05) is 31.3 Å². The molecule has 0 bridgehead atoms. The van der Waals surface area contributed by atoms with Gasteiger partial charge in [-0.3, -0.25) is 24.1 Å². The number of carbonyl (C=O) groups excluding carboxylic acids is 4. The lowest BCUT2D eigenvalue weighted by Gasteiger charge is -2.13. The lowest BCUT2D eigenvalue weighted by Crippen LogP contribution is -2.37. The standard InChI is InChI=1S/C21H18FN3O4S/c1-13(26)24-17-4-2-3-15(12-17)19(27)23-9-10-25-20(28)18(30-21(25)29)11-14-5-7-16(22)8-6-14/h2-8,11-12H,9-10H2,1H3,(H,23,27)(H,24,26)/b18-11+. The topological polar surface area (TPSA) is 95.6 Å². The van der Waals surface area contributed by atoms with Crippen LogP contribution in [0.4, 0.5) is 14.9 Å². The van der Waals surface area contributed by atoms with Gasteiger partial charge in [0.15, 0.2) is 0 Å². The Labute approximate surface area is 176 Å². The zero-order valence-electron chi connectivity index (χ0n) is 16.0. The maximum absolute atomic E-state index is 13.0. The first-order valence-corrected chi connectivity index (χ1v) is 9.82. The molecule has 0 aliphatic carbocycles. The number of anilines is 1. The fraction of sp³-hybridized carbons (Fsp3) is 0.143. The van der Waals surface area contributed by atoms with Gasteiger partial charge in [-0.25, -0.2) is 4.39 Å². The van der Waals surface area contributed by atoms with E-state index in [1.807, 2.05) is 0 Å². The molecule has 1 heterocycles. The smallest absolute Gasteiger partial charge is 0.293 e. The van der Waals surface area contributed by atoms with Crippen molar-refractivity contribution in [2.75, 3.05) is 18.4 Å². The quantitative estimate of drug-likeness (QED) is 0.690. The summed E-state index contributed by atoms with van der Waals surface area (Å²) in [6.07, 6.45) is 1.52. The molecule has 0 atom stereocenters. The van der Waals surface area contributed by atoms with E-state index in [0.717, 1.165) is 16.7 Å². The molecule has 0 aromatic heterocycles. The molecule has 2 aromatic carbocycles. The highest BCUT2D eigenvalue weighted by atomic mass is 32.2. The lowest BCUT2D eigenvalue weighted by molar-refractivity contribution is -0.122. The van der Waals surface area contributed by atoms with Crippen molar-refractivity contribution in [1.82, 2.24) is 10.2 Å². The number of thioether (sulfide) groups is 1. The summed E-state index contributed by atoms with van der Waals surface area (Å²) in [6, 6.07) is 12.0. The SMILES string of the molecule is CC(=O)Nc1cccc(C(=O)NCCN2C(=O)S/C(=C/c3ccc(F)cc3)C2=O)c1. The maximum atomic E-state index is 13.0. The van der Waals surface area contributed by atoms with Crippen molar-refractivity contribution in [2.24, 2.45) is 0 Å². The van der Waals surface area contributed by atoms with Crippen LogP contribution in [0, 0.1) is 5.82 Å². The van der Waals surface area contributed by atoms with Gasteiger partial charge in [-0.1, -0.05) is 18.2 Å². The van der Waals surface area contributed by atoms with Gasteiger partial charge in [-0.05, 0) is 53.7 Å². The monoisotopic (exact) mass is 427 g/mol. The van der Waals surface area contributed by atoms with E-state index in [9.17, 15) is 23.6 Å². The van der Waals surface area contributed by atoms with Gasteiger partial charge in [0.2, 0.25) is 5.91 Å². The Morgan fingerprint density at radius 1 is 1.13 bits per heavy atom. The van der Waals surface area contributed by atoms with Crippen LogP contribution in [0.2, 0.25) is 0 Å². The molecule has 2 aromatic rings. The molecule has 9 heteroatoms. The number of amides is 4. The molecule has 2 N–H and O–H groups in total. The molecule has 4 amide bonds. The molecule has 0 saturated carbocycles. The lowest BCUT2D eigenvalue weighted by atomic mass is 10.2. The van der Waals surface area contributed by atoms with E-state index in [1.54, 1.807) is 18.2 Å². The molecular formula is C21H18FN3O4S. The zero-order valence-corrected chi connectivity index (χ0v) is 16.8. The van der Waals surface area contributed by atoms with Gasteiger partial charge in [-0.15, -0.1) is 0 Å². The largest absolute Gasteiger partial charge is 0.350 e. The molecule has 0 radical (unpaired) electrons. The molecule has 154 valence electrons. The van der Waals surface area contributed by atoms with Gasteiger partial charge in [0.05, 0.1) is 4.91 Å². The average Bonchev–Trinajstić information content (AvgIpc) is 2.96. The summed E-state index contributed by atoms with van der Waals surface area (Å²) in [5, 5.41) is 4.81. The minimum absolute atomic E-state index is 0.0164. The van der Waals surface area contributed by atoms with E-state index in [4.69, 9.17) is 0 Å². The molecular weight excluding hydrogens is 409 g/mol. The first kappa shape index (κ1) is 21.3. The molecule has 1 fully saturated rings. The first-order chi connectivity index (χ1) is 14.3. The van der Waals surface area contributed by atoms with E-state index in [-0.39, 0.29) is 23.9 Å². The normalized spacial score (nSPS) is 14.9. The van der Waals surface area contributed by atoms with Gasteiger partial charge >= 0.3 is 0 Å². The van der Waals surface area contributed by atoms with Crippen LogP contribution in [-0.4, -0.2) is 41.0 Å². The summed E-state index contributed by atoms with van der Waals surface area (Å²) < 4.78 is 13.0. The second-order valence-corrected chi connectivity index (χ2v) is 7.40. The summed E-state index contributed by atoms with van der Waals surface area (Å²) >= 11 is 0.796. The summed E-state index contributed by atoms with van der Waals surface area (Å²) in [5.41, 5.74) is 1.44. The number of carbonyl (C=O) groups is 4. The molecule has 0 unspecified atom stereocenters. The predicted octanol–water partition coefficient (Wildman–Crippen LogP) is 3.25. The third-order valence-corrected chi connectivity index (χ3v) is 5.01. The Morgan fingerprint density at radius 3 is 2.57 bits per heavy atom. The van der Waals surface area contributed by atoms with Crippen LogP contribution >= 0.6 is 11.8 Å². The minimum atomic E-state index is -0.462. The number of benzene rings is 2. The first-order valence-electron chi connectivity index (χ1n) is 9.00. The Bertz CT molecular complexity index is 1040. The number of hydrogen-bond acceptors (Lipinski definition) is 5. The minimum Gasteiger partial charge on any atom is -0.350 e. The van der Waals surface area contributed by atoms with Crippen molar-refractivity contribution in [3.05, 3.63) is 70.4 Å². The summed E-state index contributed by atoms with van der Waals surface area (Å²) in [4.78, 5) is 49.3. The molecule has 30 heavy (non-hydrogen) atoms. The molecule has 1 aliphatic rings. The number of imide groups is 1. The van der Waals surface area contributed by atoms with Gasteiger partial charge < -0.3 is 10.6 Å². The predicted molar refractivity (Wildman–Crippen MR) is 112 cm³/mol. The van der Waals surface area contributed by atoms with Crippen molar-refractivity contribution in [2.45, 2.75) is 6.92 Å². The Kier molecular flexibility index (Phi) is 6.63. The van der Waals surface area contributed by atoms with Crippen LogP contribution in [0.15, 0.2) is 53.4 Å². The van der Waals surface area contributed by atoms with Crippen molar-refractivity contribution in [3.8, 4) is 0 Å². The summed E-state index contributed by atoms with van der Waals surface area (Å²) in [7, 11) is 0. The Hall–Kier alpha value is -3.46. The average molecular weight is 427 g/mol. The highest BCUT2D eigenvalue weighted by Crippen LogP contribution is 2.31. The van der Waals surface area contributed by atoms with E-state index in [2.05, 4.69) is 10.6 Å². The van der Waals surface area contributed by atoms with Crippen LogP contribution in [0.25, 0.3) is 6.08 Å². The highest BCUT2D eigenvalue weighted by molar-refractivity contribution is 8.18. The molecule has 3 rings (SSSR count). The number of halogens is 1. The van der Waals surface area contributed by atoms with Crippen LogP contribution in [0.5, 0.6) is 0 Å². The zero-order chi connectivity index (χ0) is 21.7. The maximum Gasteiger partial charge on any atom is 0.293 e. The molecule has 7 nitrogen and oxygen atoms in total. The van der Waals surface area contributed by atoms with Gasteiger partial charge in [0.25, 0.3) is 17.1 Å². The van der Waals surface area contributed by atoms with E-state index < -0.39 is 22.9 Å². The highest BCUT2D eigenvalue weighted by Gasteiger charge is 2.34. The van der Waals surface area contributed by atoms with E-state index in [0.29, 0.717) is 16.8 Å². The Balaban J connectivity index is 1.57. The van der Waals surface area contributed by atoms with Crippen LogP contribution in [0.1, 0.15) is 22.8 Å². The number of nitrogens with one attached hydrogen (secondary N) is 2. The van der Waals surface area contributed by atoms with Crippen LogP contribution in [0.3, 0.4) is 0 Å². The summed E-state index contributed by atoms with van der Waals surface area (Å²) in [6.45, 7) is 1.46. The van der Waals surface area contributed by atoms with E-state index >= 15 is 0 Å². The van der Waals surface area contributed by atoms with E-state index in [1.165, 1.54) is 43.3 Å². The summed E-state index contributed by atoms with van der Waals surface area (Å²) in [5.74, 6) is -1.49. The molecule has 1 saturated heterocycles. The third kappa shape index (κ3) is 5.32. The second-order valence-electron chi connectivity index (χ2n) is 6.40. The molecule has 0 spiro atoms. The number of rotatable bonds is 6. The van der Waals surface area contributed by atoms with Crippen molar-refractivity contribution >= 4 is 46.5 Å². The second kappa shape index (κ2) is 9.36. The van der Waals surface area contributed by atoms with Crippen molar-refractivity contribution in [1.29, 1.82) is 0 Å². The third-order valence-electron chi connectivity index (χ3n) is 4.11. The van der Waals surface area contributed by atoms with Gasteiger partial charge in [0.1, 0.15) is 5.82 Å². The van der Waals surface area contributed by atoms with Crippen LogP contribution < -0.4 is 10.6 Å². The van der Waals surface area contributed by atoms with Crippen molar-refractivity contribution < 1.29 is 23.6 Å². The Morgan fingerprint density at radius 2 is 1.87 bits per heavy atom. The van der Waals surface area contributed by atoms with Crippen LogP contribution in [-0.2, 0) is 9.59 Å². The van der Waals surface area contributed by atoms with Crippen molar-refractivity contribution in [3.63, 3.8) is 0 Å². The molecule has 1 aliphatic heterocycles. The van der Waals surface area contributed by atoms with Gasteiger partial charge in [-0.2, -0.15) is 0 Å². The number of nitrogens with zero attached hydrogens (tertiary/aromatic N) is 1. The number of hydrogen-bond donors (Lipinski definition) is 2. The fourth-order valence-electron chi connectivity index (χ4n) is 2.73.